The van der Waals surface area contributed by atoms with Crippen LogP contribution in [0.25, 0.3) is 0 Å². The van der Waals surface area contributed by atoms with E-state index < -0.39 is 0 Å². The summed E-state index contributed by atoms with van der Waals surface area (Å²) >= 11 is 0. The SMILES string of the molecule is CC(C)n1ccc([C@H](C)N)c1. The van der Waals surface area contributed by atoms with Crippen molar-refractivity contribution < 1.29 is 0 Å². The van der Waals surface area contributed by atoms with E-state index in [1.807, 2.05) is 6.92 Å². The van der Waals surface area contributed by atoms with Crippen molar-refractivity contribution in [2.75, 3.05) is 0 Å². The van der Waals surface area contributed by atoms with Crippen LogP contribution in [0.4, 0.5) is 0 Å². The maximum atomic E-state index is 5.71. The van der Waals surface area contributed by atoms with Gasteiger partial charge in [0, 0.05) is 24.5 Å². The van der Waals surface area contributed by atoms with Gasteiger partial charge in [-0.15, -0.1) is 0 Å². The van der Waals surface area contributed by atoms with Gasteiger partial charge in [-0.25, -0.2) is 0 Å². The average Bonchev–Trinajstić information content (AvgIpc) is 2.33. The predicted octanol–water partition coefficient (Wildman–Crippen LogP) is 2.09. The molecular formula is C9H16N2. The first-order valence-corrected chi connectivity index (χ1v) is 4.04. The van der Waals surface area contributed by atoms with Gasteiger partial charge in [-0.05, 0) is 32.4 Å². The Balaban J connectivity index is 2.82. The van der Waals surface area contributed by atoms with Gasteiger partial charge in [0.25, 0.3) is 0 Å². The second-order valence-electron chi connectivity index (χ2n) is 3.27. The number of rotatable bonds is 2. The minimum atomic E-state index is 0.148. The van der Waals surface area contributed by atoms with E-state index in [0.29, 0.717) is 6.04 Å². The molecule has 0 saturated carbocycles. The largest absolute Gasteiger partial charge is 0.351 e. The molecule has 11 heavy (non-hydrogen) atoms. The Kier molecular flexibility index (Phi) is 2.35. The van der Waals surface area contributed by atoms with E-state index in [9.17, 15) is 0 Å². The Hall–Kier alpha value is -0.760. The van der Waals surface area contributed by atoms with Crippen molar-refractivity contribution in [2.45, 2.75) is 32.9 Å². The highest BCUT2D eigenvalue weighted by Gasteiger charge is 2.02. The van der Waals surface area contributed by atoms with Crippen molar-refractivity contribution in [3.63, 3.8) is 0 Å². The van der Waals surface area contributed by atoms with Crippen LogP contribution in [0.1, 0.15) is 38.4 Å². The molecule has 1 heterocycles. The van der Waals surface area contributed by atoms with E-state index in [-0.39, 0.29) is 6.04 Å². The van der Waals surface area contributed by atoms with Gasteiger partial charge in [0.15, 0.2) is 0 Å². The van der Waals surface area contributed by atoms with E-state index in [2.05, 4.69) is 36.9 Å². The Morgan fingerprint density at radius 3 is 2.27 bits per heavy atom. The van der Waals surface area contributed by atoms with Crippen LogP contribution < -0.4 is 5.73 Å². The molecule has 0 aliphatic carbocycles. The molecule has 0 bridgehead atoms. The first kappa shape index (κ1) is 8.34. The Labute approximate surface area is 68.0 Å². The molecule has 0 radical (unpaired) electrons. The van der Waals surface area contributed by atoms with Gasteiger partial charge in [-0.2, -0.15) is 0 Å². The van der Waals surface area contributed by atoms with Crippen molar-refractivity contribution >= 4 is 0 Å². The minimum absolute atomic E-state index is 0.148. The van der Waals surface area contributed by atoms with Crippen LogP contribution in [-0.4, -0.2) is 4.57 Å². The summed E-state index contributed by atoms with van der Waals surface area (Å²) in [6.07, 6.45) is 4.18. The Morgan fingerprint density at radius 2 is 2.00 bits per heavy atom. The fraction of sp³-hybridized carbons (Fsp3) is 0.556. The molecular weight excluding hydrogens is 136 g/mol. The van der Waals surface area contributed by atoms with Crippen LogP contribution >= 0.6 is 0 Å². The van der Waals surface area contributed by atoms with Crippen LogP contribution in [0.3, 0.4) is 0 Å². The van der Waals surface area contributed by atoms with E-state index in [1.165, 1.54) is 5.56 Å². The molecule has 2 heteroatoms. The van der Waals surface area contributed by atoms with Crippen LogP contribution in [0.5, 0.6) is 0 Å². The molecule has 0 fully saturated rings. The van der Waals surface area contributed by atoms with E-state index in [0.717, 1.165) is 0 Å². The number of hydrogen-bond donors (Lipinski definition) is 1. The van der Waals surface area contributed by atoms with Gasteiger partial charge in [-0.1, -0.05) is 0 Å². The number of nitrogens with two attached hydrogens (primary N) is 1. The van der Waals surface area contributed by atoms with Gasteiger partial charge in [-0.3, -0.25) is 0 Å². The molecule has 62 valence electrons. The molecule has 2 N–H and O–H groups in total. The molecule has 0 aromatic carbocycles. The van der Waals surface area contributed by atoms with Gasteiger partial charge in [0.05, 0.1) is 0 Å². The van der Waals surface area contributed by atoms with E-state index in [1.54, 1.807) is 0 Å². The first-order chi connectivity index (χ1) is 5.11. The molecule has 0 spiro atoms. The molecule has 0 unspecified atom stereocenters. The molecule has 0 aliphatic heterocycles. The summed E-state index contributed by atoms with van der Waals surface area (Å²) in [5.74, 6) is 0. The van der Waals surface area contributed by atoms with Gasteiger partial charge in [0.1, 0.15) is 0 Å². The fourth-order valence-electron chi connectivity index (χ4n) is 1.02. The average molecular weight is 152 g/mol. The van der Waals surface area contributed by atoms with E-state index in [4.69, 9.17) is 5.73 Å². The highest BCUT2D eigenvalue weighted by atomic mass is 15.0. The first-order valence-electron chi connectivity index (χ1n) is 4.04. The normalized spacial score (nSPS) is 13.9. The van der Waals surface area contributed by atoms with Gasteiger partial charge >= 0.3 is 0 Å². The standard InChI is InChI=1S/C9H16N2/c1-7(2)11-5-4-9(6-11)8(3)10/h4-8H,10H2,1-3H3/t8-/m0/s1. The van der Waals surface area contributed by atoms with Gasteiger partial charge in [0.2, 0.25) is 0 Å². The molecule has 1 rings (SSSR count). The Bertz CT molecular complexity index is 201. The summed E-state index contributed by atoms with van der Waals surface area (Å²) in [7, 11) is 0. The monoisotopic (exact) mass is 152 g/mol. The summed E-state index contributed by atoms with van der Waals surface area (Å²) in [5.41, 5.74) is 6.92. The van der Waals surface area contributed by atoms with E-state index >= 15 is 0 Å². The van der Waals surface area contributed by atoms with Crippen LogP contribution in [0, 0.1) is 0 Å². The van der Waals surface area contributed by atoms with Crippen molar-refractivity contribution in [3.8, 4) is 0 Å². The van der Waals surface area contributed by atoms with Crippen molar-refractivity contribution in [2.24, 2.45) is 5.73 Å². The minimum Gasteiger partial charge on any atom is -0.351 e. The van der Waals surface area contributed by atoms with Crippen molar-refractivity contribution in [3.05, 3.63) is 24.0 Å². The zero-order valence-corrected chi connectivity index (χ0v) is 7.41. The highest BCUT2D eigenvalue weighted by Crippen LogP contribution is 2.13. The Morgan fingerprint density at radius 1 is 1.36 bits per heavy atom. The zero-order valence-electron chi connectivity index (χ0n) is 7.41. The van der Waals surface area contributed by atoms with Crippen LogP contribution in [0.2, 0.25) is 0 Å². The lowest BCUT2D eigenvalue weighted by Crippen LogP contribution is -2.04. The molecule has 0 aliphatic rings. The number of nitrogens with zero attached hydrogens (tertiary/aromatic N) is 1. The zero-order chi connectivity index (χ0) is 8.43. The third-order valence-corrected chi connectivity index (χ3v) is 1.86. The second kappa shape index (κ2) is 3.09. The summed E-state index contributed by atoms with van der Waals surface area (Å²) in [4.78, 5) is 0. The second-order valence-corrected chi connectivity index (χ2v) is 3.27. The molecule has 2 nitrogen and oxygen atoms in total. The summed E-state index contributed by atoms with van der Waals surface area (Å²) in [5, 5.41) is 0. The van der Waals surface area contributed by atoms with Crippen LogP contribution in [-0.2, 0) is 0 Å². The fourth-order valence-corrected chi connectivity index (χ4v) is 1.02. The molecule has 1 aromatic rings. The maximum absolute atomic E-state index is 5.71. The lowest BCUT2D eigenvalue weighted by molar-refractivity contribution is 0.600. The third-order valence-electron chi connectivity index (χ3n) is 1.86. The summed E-state index contributed by atoms with van der Waals surface area (Å²) in [6, 6.07) is 2.75. The lowest BCUT2D eigenvalue weighted by Gasteiger charge is -2.06. The number of hydrogen-bond acceptors (Lipinski definition) is 1. The van der Waals surface area contributed by atoms with Crippen molar-refractivity contribution in [1.82, 2.24) is 4.57 Å². The topological polar surface area (TPSA) is 30.9 Å². The van der Waals surface area contributed by atoms with Crippen molar-refractivity contribution in [1.29, 1.82) is 0 Å². The lowest BCUT2D eigenvalue weighted by atomic mass is 10.2. The predicted molar refractivity (Wildman–Crippen MR) is 47.4 cm³/mol. The molecule has 0 saturated heterocycles. The summed E-state index contributed by atoms with van der Waals surface area (Å²) in [6.45, 7) is 6.32. The highest BCUT2D eigenvalue weighted by molar-refractivity contribution is 5.14. The van der Waals surface area contributed by atoms with Gasteiger partial charge < -0.3 is 10.3 Å². The van der Waals surface area contributed by atoms with Crippen LogP contribution in [0.15, 0.2) is 18.5 Å². The maximum Gasteiger partial charge on any atom is 0.0281 e. The molecule has 0 amide bonds. The molecule has 1 aromatic heterocycles. The number of aromatic nitrogens is 1. The summed E-state index contributed by atoms with van der Waals surface area (Å²) < 4.78 is 2.17. The molecule has 1 atom stereocenters. The quantitative estimate of drug-likeness (QED) is 0.691. The smallest absolute Gasteiger partial charge is 0.0281 e. The third kappa shape index (κ3) is 1.84.